The van der Waals surface area contributed by atoms with E-state index in [1.807, 2.05) is 26.2 Å². The second kappa shape index (κ2) is 16.8. The van der Waals surface area contributed by atoms with Gasteiger partial charge in [-0.05, 0) is 74.8 Å². The van der Waals surface area contributed by atoms with Crippen LogP contribution >= 0.6 is 22.9 Å². The number of pyridine rings is 1. The molecule has 19 heteroatoms. The number of rotatable bonds is 14. The number of aryl methyl sites for hydroxylation is 1. The van der Waals surface area contributed by atoms with E-state index in [0.29, 0.717) is 45.9 Å². The molecule has 2 saturated carbocycles. The zero-order chi connectivity index (χ0) is 46.9. The van der Waals surface area contributed by atoms with Gasteiger partial charge in [0.2, 0.25) is 21.8 Å². The number of likely N-dealkylation sites (tertiary alicyclic amines) is 1. The molecule has 0 spiro atoms. The summed E-state index contributed by atoms with van der Waals surface area (Å²) in [5.74, 6) is -1.78. The Morgan fingerprint density at radius 3 is 2.36 bits per heavy atom. The van der Waals surface area contributed by atoms with Gasteiger partial charge in [-0.25, -0.2) is 18.4 Å². The normalized spacial score (nSPS) is 22.2. The minimum atomic E-state index is -4.73. The van der Waals surface area contributed by atoms with Crippen molar-refractivity contribution in [3.05, 3.63) is 76.3 Å². The second-order valence-corrected chi connectivity index (χ2v) is 22.1. The van der Waals surface area contributed by atoms with Crippen molar-refractivity contribution in [1.82, 2.24) is 24.9 Å². The fourth-order valence-electron chi connectivity index (χ4n) is 7.97. The molecule has 2 aromatic heterocycles. The van der Waals surface area contributed by atoms with E-state index in [1.165, 1.54) is 35.3 Å². The number of hydrogen-bond acceptors (Lipinski definition) is 11. The van der Waals surface area contributed by atoms with Gasteiger partial charge in [0.15, 0.2) is 0 Å². The number of fused-ring (bicyclic) bond motifs is 1. The maximum Gasteiger partial charge on any atom is 0.416 e. The molecule has 3 amide bonds. The molecule has 2 aliphatic carbocycles. The molecule has 0 bridgehead atoms. The van der Waals surface area contributed by atoms with E-state index in [-0.39, 0.29) is 36.0 Å². The first-order chi connectivity index (χ1) is 29.8. The number of nitrogens with one attached hydrogen (secondary N) is 3. The Labute approximate surface area is 379 Å². The molecular weight excluding hydrogens is 893 g/mol. The van der Waals surface area contributed by atoms with E-state index in [2.05, 4.69) is 21.9 Å². The number of alkyl halides is 3. The summed E-state index contributed by atoms with van der Waals surface area (Å²) in [6.45, 7) is 16.3. The third-order valence-corrected chi connectivity index (χ3v) is 15.6. The number of sulfonamides is 1. The maximum absolute atomic E-state index is 15.0. The molecule has 344 valence electrons. The molecule has 13 nitrogen and oxygen atoms in total. The number of carbonyl (C=O) groups excluding carboxylic acids is 3. The molecule has 3 aliphatic rings. The monoisotopic (exact) mass is 944 g/mol. The highest BCUT2D eigenvalue weighted by Gasteiger charge is 2.63. The van der Waals surface area contributed by atoms with Crippen LogP contribution in [0, 0.1) is 18.3 Å². The average Bonchev–Trinajstić information content (AvgIpc) is 3.99. The van der Waals surface area contributed by atoms with Gasteiger partial charge >= 0.3 is 6.18 Å². The summed E-state index contributed by atoms with van der Waals surface area (Å²) in [5, 5.41) is 8.80. The number of methoxy groups -OCH3 is 1. The van der Waals surface area contributed by atoms with Crippen molar-refractivity contribution in [2.24, 2.45) is 11.3 Å². The highest BCUT2D eigenvalue weighted by molar-refractivity contribution is 7.91. The predicted octanol–water partition coefficient (Wildman–Crippen LogP) is 8.41. The standard InChI is InChI=1S/C45H52ClF3N6O7S2/c1-10-25-20-44(25,41(58)54-64(59,60)43(8)13-14-43)53-38(56)33-18-29(21-55(33)40(57)37(42(5,6)7)50-28-16-26(45(47,48)49)15-27(46)17-28)62-35-19-31(39-52-32(22-63-39)23(2)3)51-36-24(4)34(61-9)12-11-30(35)36/h10-12,15-17,19,22-23,25,29,33,37,50H,1,13-14,18,20-21H2,2-9H3,(H,53,56)(H,54,58)/t25-,29-,33+,37-,44-/m1/s1. The van der Waals surface area contributed by atoms with Crippen LogP contribution in [0.1, 0.15) is 90.0 Å². The smallest absolute Gasteiger partial charge is 0.416 e. The van der Waals surface area contributed by atoms with E-state index in [4.69, 9.17) is 31.0 Å². The van der Waals surface area contributed by atoms with Gasteiger partial charge in [-0.3, -0.25) is 19.1 Å². The summed E-state index contributed by atoms with van der Waals surface area (Å²) in [6, 6.07) is 5.76. The summed E-state index contributed by atoms with van der Waals surface area (Å²) in [4.78, 5) is 54.6. The number of anilines is 1. The van der Waals surface area contributed by atoms with Crippen LogP contribution in [-0.4, -0.2) is 83.1 Å². The highest BCUT2D eigenvalue weighted by atomic mass is 35.5. The fraction of sp³-hybridized carbons (Fsp3) is 0.489. The van der Waals surface area contributed by atoms with Gasteiger partial charge in [0.05, 0.1) is 35.2 Å². The van der Waals surface area contributed by atoms with E-state index in [1.54, 1.807) is 46.1 Å². The number of aromatic nitrogens is 2. The van der Waals surface area contributed by atoms with E-state index < -0.39 is 79.3 Å². The van der Waals surface area contributed by atoms with Gasteiger partial charge in [-0.15, -0.1) is 17.9 Å². The number of carbonyl (C=O) groups is 3. The van der Waals surface area contributed by atoms with E-state index in [0.717, 1.165) is 23.4 Å². The van der Waals surface area contributed by atoms with Crippen molar-refractivity contribution >= 4 is 67.3 Å². The largest absolute Gasteiger partial charge is 0.496 e. The van der Waals surface area contributed by atoms with Gasteiger partial charge < -0.3 is 25.0 Å². The lowest BCUT2D eigenvalue weighted by Gasteiger charge is -2.36. The molecule has 3 heterocycles. The van der Waals surface area contributed by atoms with Crippen LogP contribution in [0.25, 0.3) is 21.6 Å². The minimum absolute atomic E-state index is 0.0628. The Morgan fingerprint density at radius 1 is 1.08 bits per heavy atom. The fourth-order valence-corrected chi connectivity index (χ4v) is 10.5. The SMILES string of the molecule is C=C[C@@H]1C[C@]1(NC(=O)[C@@H]1C[C@@H](Oc2cc(-c3nc(C(C)C)cs3)nc3c(C)c(OC)ccc23)CN1C(=O)[C@@H](Nc1cc(Cl)cc(C(F)(F)F)c1)C(C)(C)C)C(=O)NS(=O)(=O)C1(C)CC1. The Hall–Kier alpha value is -4.94. The second-order valence-electron chi connectivity index (χ2n) is 18.6. The summed E-state index contributed by atoms with van der Waals surface area (Å²) in [7, 11) is -2.53. The molecule has 0 unspecified atom stereocenters. The molecule has 7 rings (SSSR count). The molecule has 1 aliphatic heterocycles. The van der Waals surface area contributed by atoms with Crippen LogP contribution in [0.2, 0.25) is 5.02 Å². The zero-order valence-electron chi connectivity index (χ0n) is 36.8. The van der Waals surface area contributed by atoms with Crippen LogP contribution in [0.4, 0.5) is 18.9 Å². The number of hydrogen-bond donors (Lipinski definition) is 3. The Morgan fingerprint density at radius 2 is 1.78 bits per heavy atom. The number of nitrogens with zero attached hydrogens (tertiary/aromatic N) is 3. The summed E-state index contributed by atoms with van der Waals surface area (Å²) in [5.41, 5.74) is -0.977. The third-order valence-electron chi connectivity index (χ3n) is 12.4. The number of halogens is 4. The van der Waals surface area contributed by atoms with Crippen molar-refractivity contribution in [1.29, 1.82) is 0 Å². The molecule has 4 aromatic rings. The number of benzene rings is 2. The molecule has 0 radical (unpaired) electrons. The molecular formula is C45H52ClF3N6O7S2. The van der Waals surface area contributed by atoms with Crippen LogP contribution in [0.15, 0.2) is 54.4 Å². The first-order valence-corrected chi connectivity index (χ1v) is 23.6. The molecule has 64 heavy (non-hydrogen) atoms. The highest BCUT2D eigenvalue weighted by Crippen LogP contribution is 2.47. The third kappa shape index (κ3) is 9.14. The van der Waals surface area contributed by atoms with Gasteiger partial charge in [-0.1, -0.05) is 52.3 Å². The maximum atomic E-state index is 15.0. The summed E-state index contributed by atoms with van der Waals surface area (Å²) >= 11 is 7.57. The van der Waals surface area contributed by atoms with Gasteiger partial charge in [0.1, 0.15) is 45.9 Å². The van der Waals surface area contributed by atoms with E-state index >= 15 is 4.79 Å². The van der Waals surface area contributed by atoms with Crippen molar-refractivity contribution in [3.8, 4) is 22.2 Å². The topological polar surface area (TPSA) is 169 Å². The van der Waals surface area contributed by atoms with Gasteiger partial charge in [0, 0.05) is 45.4 Å². The van der Waals surface area contributed by atoms with Crippen molar-refractivity contribution in [2.75, 3.05) is 19.0 Å². The first-order valence-electron chi connectivity index (χ1n) is 20.9. The van der Waals surface area contributed by atoms with Crippen LogP contribution in [-0.2, 0) is 30.6 Å². The quantitative estimate of drug-likeness (QED) is 0.104. The molecule has 5 atom stereocenters. The Balaban J connectivity index is 1.27. The molecule has 3 fully saturated rings. The van der Waals surface area contributed by atoms with Crippen molar-refractivity contribution < 1.29 is 45.4 Å². The van der Waals surface area contributed by atoms with Crippen LogP contribution in [0.5, 0.6) is 11.5 Å². The Kier molecular flexibility index (Phi) is 12.4. The number of ether oxygens (including phenoxy) is 2. The molecule has 2 aromatic carbocycles. The number of amides is 3. The average molecular weight is 946 g/mol. The number of thiazole rings is 1. The lowest BCUT2D eigenvalue weighted by atomic mass is 9.85. The Bertz CT molecular complexity index is 2650. The molecule has 1 saturated heterocycles. The summed E-state index contributed by atoms with van der Waals surface area (Å²) < 4.78 is 81.5. The lowest BCUT2D eigenvalue weighted by molar-refractivity contribution is -0.141. The summed E-state index contributed by atoms with van der Waals surface area (Å²) in [6.07, 6.45) is -3.38. The predicted molar refractivity (Wildman–Crippen MR) is 240 cm³/mol. The van der Waals surface area contributed by atoms with Gasteiger partial charge in [0.25, 0.3) is 5.91 Å². The van der Waals surface area contributed by atoms with Crippen molar-refractivity contribution in [2.45, 2.75) is 115 Å². The van der Waals surface area contributed by atoms with Crippen LogP contribution in [0.3, 0.4) is 0 Å². The zero-order valence-corrected chi connectivity index (χ0v) is 39.2. The molecule has 3 N–H and O–H groups in total. The van der Waals surface area contributed by atoms with E-state index in [9.17, 15) is 31.2 Å². The minimum Gasteiger partial charge on any atom is -0.496 e. The van der Waals surface area contributed by atoms with Crippen LogP contribution < -0.4 is 24.8 Å². The lowest BCUT2D eigenvalue weighted by Crippen LogP contribution is -2.59. The first kappa shape index (κ1) is 47.0. The van der Waals surface area contributed by atoms with Gasteiger partial charge in [-0.2, -0.15) is 13.2 Å². The van der Waals surface area contributed by atoms with Crippen molar-refractivity contribution in [3.63, 3.8) is 0 Å².